The molecule has 0 rings (SSSR count). The van der Waals surface area contributed by atoms with Crippen molar-refractivity contribution in [2.45, 2.75) is 0 Å². The molecule has 0 saturated carbocycles. The Bertz CT molecular complexity index is 25.2. The first-order chi connectivity index (χ1) is 2.00. The molecule has 0 aliphatic heterocycles. The van der Waals surface area contributed by atoms with Crippen LogP contribution in [0.2, 0.25) is 0 Å². The van der Waals surface area contributed by atoms with E-state index in [0.717, 1.165) is 0 Å². The number of halogens is 4. The molecule has 0 bridgehead atoms. The van der Waals surface area contributed by atoms with E-state index >= 15 is 0 Å². The number of hydrogen-bond acceptors (Lipinski definition) is 0. The minimum atomic E-state index is -2.81. The van der Waals surface area contributed by atoms with Gasteiger partial charge in [0.15, 0.2) is 0 Å². The minimum absolute atomic E-state index is 0. The fourth-order valence-corrected chi connectivity index (χ4v) is 0. The van der Waals surface area contributed by atoms with Crippen molar-refractivity contribution in [3.05, 3.63) is 0 Å². The van der Waals surface area contributed by atoms with Gasteiger partial charge in [-0.25, -0.2) is 0 Å². The van der Waals surface area contributed by atoms with Crippen molar-refractivity contribution in [3.8, 4) is 0 Å². The third-order valence-electron chi connectivity index (χ3n) is 0. The topological polar surface area (TPSA) is 0 Å². The second-order valence-corrected chi connectivity index (χ2v) is 14.4. The van der Waals surface area contributed by atoms with Crippen molar-refractivity contribution >= 4 is 75.8 Å². The summed E-state index contributed by atoms with van der Waals surface area (Å²) in [5.74, 6) is 0. The second kappa shape index (κ2) is 7.13. The second-order valence-electron chi connectivity index (χ2n) is 0.271. The first-order valence-electron chi connectivity index (χ1n) is 0.478. The summed E-state index contributed by atoms with van der Waals surface area (Å²) >= 11 is -2.81. The summed E-state index contributed by atoms with van der Waals surface area (Å²) in [6, 6.07) is 0. The zero-order valence-electron chi connectivity index (χ0n) is 3.83. The molecule has 7 heavy (non-hydrogen) atoms. The summed E-state index contributed by atoms with van der Waals surface area (Å²) in [6.07, 6.45) is 0. The molecule has 2 radical (unpaired) electrons. The molecular formula is Cl4Li2Pd. The summed E-state index contributed by atoms with van der Waals surface area (Å²) in [5.41, 5.74) is 0. The SMILES string of the molecule is [Cl][Pd]([Cl])([Cl])[Cl].[Li].[Li]. The zero-order valence-corrected chi connectivity index (χ0v) is 8.41. The van der Waals surface area contributed by atoms with E-state index < -0.39 is 11.5 Å². The Kier molecular flexibility index (Phi) is 16.8. The van der Waals surface area contributed by atoms with Gasteiger partial charge in [-0.3, -0.25) is 0 Å². The molecule has 0 aliphatic carbocycles. The molecule has 0 amide bonds. The van der Waals surface area contributed by atoms with Gasteiger partial charge in [0, 0.05) is 37.7 Å². The van der Waals surface area contributed by atoms with E-state index in [1.807, 2.05) is 0 Å². The van der Waals surface area contributed by atoms with Crippen molar-refractivity contribution < 1.29 is 11.5 Å². The van der Waals surface area contributed by atoms with Crippen molar-refractivity contribution in [2.24, 2.45) is 0 Å². The van der Waals surface area contributed by atoms with E-state index in [9.17, 15) is 0 Å². The van der Waals surface area contributed by atoms with Crippen LogP contribution in [0.5, 0.6) is 0 Å². The van der Waals surface area contributed by atoms with Crippen molar-refractivity contribution in [1.82, 2.24) is 0 Å². The molecular weight excluding hydrogens is 262 g/mol. The average molecular weight is 262 g/mol. The summed E-state index contributed by atoms with van der Waals surface area (Å²) in [5, 5.41) is 0. The fourth-order valence-electron chi connectivity index (χ4n) is 0. The van der Waals surface area contributed by atoms with Crippen molar-refractivity contribution in [3.63, 3.8) is 0 Å². The zero-order chi connectivity index (χ0) is 4.50. The normalized spacial score (nSPS) is 10.9. The Morgan fingerprint density at radius 1 is 0.714 bits per heavy atom. The van der Waals surface area contributed by atoms with Crippen molar-refractivity contribution in [1.29, 1.82) is 0 Å². The Balaban J connectivity index is -0.0000000800. The van der Waals surface area contributed by atoms with E-state index in [2.05, 4.69) is 0 Å². The first kappa shape index (κ1) is 16.5. The van der Waals surface area contributed by atoms with Gasteiger partial charge >= 0.3 is 49.6 Å². The van der Waals surface area contributed by atoms with Gasteiger partial charge in [-0.2, -0.15) is 0 Å². The molecule has 0 saturated heterocycles. The van der Waals surface area contributed by atoms with Crippen LogP contribution in [-0.4, -0.2) is 37.7 Å². The molecule has 40 valence electrons. The summed E-state index contributed by atoms with van der Waals surface area (Å²) in [7, 11) is 19.9. The maximum Gasteiger partial charge on any atom is 0 e. The maximum atomic E-state index is 4.98. The van der Waals surface area contributed by atoms with Gasteiger partial charge in [0.1, 0.15) is 0 Å². The number of hydrogen-bond donors (Lipinski definition) is 0. The van der Waals surface area contributed by atoms with Crippen LogP contribution >= 0.6 is 38.1 Å². The van der Waals surface area contributed by atoms with Gasteiger partial charge in [-0.05, 0) is 0 Å². The molecule has 0 aromatic heterocycles. The van der Waals surface area contributed by atoms with Crippen LogP contribution < -0.4 is 0 Å². The van der Waals surface area contributed by atoms with Gasteiger partial charge in [0.05, 0.1) is 0 Å². The van der Waals surface area contributed by atoms with Crippen LogP contribution in [0.3, 0.4) is 0 Å². The molecule has 0 spiro atoms. The van der Waals surface area contributed by atoms with Crippen LogP contribution in [0, 0.1) is 0 Å². The molecule has 0 N–H and O–H groups in total. The van der Waals surface area contributed by atoms with Crippen LogP contribution in [0.15, 0.2) is 0 Å². The molecule has 0 aromatic carbocycles. The van der Waals surface area contributed by atoms with Gasteiger partial charge in [-0.15, -0.1) is 0 Å². The largest absolute Gasteiger partial charge is 0 e. The predicted molar refractivity (Wildman–Crippen MR) is 34.9 cm³/mol. The van der Waals surface area contributed by atoms with Crippen LogP contribution in [0.25, 0.3) is 0 Å². The Morgan fingerprint density at radius 2 is 0.714 bits per heavy atom. The van der Waals surface area contributed by atoms with E-state index in [1.54, 1.807) is 0 Å². The average Bonchev–Trinajstić information content (AvgIpc) is 0.722. The van der Waals surface area contributed by atoms with E-state index in [0.29, 0.717) is 0 Å². The molecule has 7 heteroatoms. The smallest absolute Gasteiger partial charge is 0 e. The third kappa shape index (κ3) is 48.8. The molecule has 0 aliphatic rings. The van der Waals surface area contributed by atoms with E-state index in [1.165, 1.54) is 0 Å². The molecule has 0 unspecified atom stereocenters. The van der Waals surface area contributed by atoms with Crippen molar-refractivity contribution in [2.75, 3.05) is 0 Å². The Hall–Kier alpha value is 3.02. The molecule has 0 nitrogen and oxygen atoms in total. The third-order valence-corrected chi connectivity index (χ3v) is 0. The first-order valence-corrected chi connectivity index (χ1v) is 8.49. The van der Waals surface area contributed by atoms with E-state index in [4.69, 9.17) is 38.1 Å². The van der Waals surface area contributed by atoms with Gasteiger partial charge in [-0.1, -0.05) is 0 Å². The van der Waals surface area contributed by atoms with Crippen LogP contribution in [0.4, 0.5) is 0 Å². The Morgan fingerprint density at radius 3 is 0.714 bits per heavy atom. The molecule has 0 fully saturated rings. The van der Waals surface area contributed by atoms with Crippen LogP contribution in [0.1, 0.15) is 0 Å². The fraction of sp³-hybridized carbons (Fsp3) is 0. The molecule has 0 atom stereocenters. The van der Waals surface area contributed by atoms with E-state index in [-0.39, 0.29) is 37.7 Å². The monoisotopic (exact) mass is 260 g/mol. The van der Waals surface area contributed by atoms with Gasteiger partial charge < -0.3 is 0 Å². The summed E-state index contributed by atoms with van der Waals surface area (Å²) < 4.78 is 0. The number of rotatable bonds is 0. The predicted octanol–water partition coefficient (Wildman–Crippen LogP) is 1.99. The quantitative estimate of drug-likeness (QED) is 0.586. The minimum Gasteiger partial charge on any atom is 0 e. The standard InChI is InChI=1S/4ClH.2Li.Pd/h4*1H;;;/q;;;;;;+4/p-4. The van der Waals surface area contributed by atoms with Gasteiger partial charge in [0.25, 0.3) is 0 Å². The molecule has 0 aromatic rings. The van der Waals surface area contributed by atoms with Gasteiger partial charge in [0.2, 0.25) is 0 Å². The van der Waals surface area contributed by atoms with Crippen LogP contribution in [-0.2, 0) is 11.5 Å². The maximum absolute atomic E-state index is 4.98. The Labute approximate surface area is 85.9 Å². The summed E-state index contributed by atoms with van der Waals surface area (Å²) in [6.45, 7) is 0. The summed E-state index contributed by atoms with van der Waals surface area (Å²) in [4.78, 5) is 0. The molecule has 0 heterocycles.